The monoisotopic (exact) mass is 296 g/mol. The summed E-state index contributed by atoms with van der Waals surface area (Å²) < 4.78 is 30.5. The van der Waals surface area contributed by atoms with Gasteiger partial charge in [-0.3, -0.25) is 4.79 Å². The van der Waals surface area contributed by atoms with Crippen LogP contribution >= 0.6 is 11.8 Å². The maximum Gasteiger partial charge on any atom is 0.319 e. The number of carbonyl (C=O) groups is 1. The van der Waals surface area contributed by atoms with Gasteiger partial charge in [-0.25, -0.2) is 8.78 Å². The molecule has 1 atom stereocenters. The first-order valence-corrected chi connectivity index (χ1v) is 8.11. The zero-order chi connectivity index (χ0) is 14.7. The Balaban J connectivity index is 3.93. The lowest BCUT2D eigenvalue weighted by molar-refractivity contribution is -0.143. The zero-order valence-corrected chi connectivity index (χ0v) is 13.0. The van der Waals surface area contributed by atoms with Crippen LogP contribution in [-0.4, -0.2) is 29.5 Å². The lowest BCUT2D eigenvalue weighted by Gasteiger charge is -2.15. The Kier molecular flexibility index (Phi) is 10.3. The number of halogens is 2. The summed E-state index contributed by atoms with van der Waals surface area (Å²) in [4.78, 5) is 11.8. The second kappa shape index (κ2) is 10.5. The van der Waals surface area contributed by atoms with Crippen molar-refractivity contribution in [1.82, 2.24) is 0 Å². The van der Waals surface area contributed by atoms with Crippen LogP contribution in [0.1, 0.15) is 59.3 Å². The second-order valence-corrected chi connectivity index (χ2v) is 6.15. The van der Waals surface area contributed by atoms with Crippen LogP contribution in [0.4, 0.5) is 8.78 Å². The first-order valence-electron chi connectivity index (χ1n) is 7.06. The minimum atomic E-state index is -2.61. The number of carbonyl (C=O) groups excluding carboxylic acids is 1. The molecule has 114 valence electrons. The van der Waals surface area contributed by atoms with Gasteiger partial charge in [0.05, 0.1) is 6.61 Å². The molecule has 0 aromatic rings. The maximum atomic E-state index is 12.7. The van der Waals surface area contributed by atoms with E-state index in [4.69, 9.17) is 4.74 Å². The normalized spacial score (nSPS) is 13.3. The molecule has 0 aromatic heterocycles. The number of ether oxygens (including phenoxy) is 1. The van der Waals surface area contributed by atoms with E-state index in [-0.39, 0.29) is 17.6 Å². The number of hydrogen-bond donors (Lipinski definition) is 0. The molecule has 0 radical (unpaired) electrons. The Morgan fingerprint density at radius 1 is 1.26 bits per heavy atom. The Labute approximate surface area is 119 Å². The van der Waals surface area contributed by atoms with Gasteiger partial charge in [0.25, 0.3) is 0 Å². The van der Waals surface area contributed by atoms with Crippen molar-refractivity contribution in [3.8, 4) is 0 Å². The predicted octanol–water partition coefficient (Wildman–Crippen LogP) is 4.67. The van der Waals surface area contributed by atoms with E-state index in [2.05, 4.69) is 0 Å². The molecule has 0 aromatic carbocycles. The van der Waals surface area contributed by atoms with Crippen molar-refractivity contribution in [3.63, 3.8) is 0 Å². The summed E-state index contributed by atoms with van der Waals surface area (Å²) in [5, 5.41) is -0.202. The summed E-state index contributed by atoms with van der Waals surface area (Å²) in [7, 11) is 0. The van der Waals surface area contributed by atoms with Crippen LogP contribution in [0.15, 0.2) is 0 Å². The molecule has 0 N–H and O–H groups in total. The number of esters is 1. The van der Waals surface area contributed by atoms with E-state index < -0.39 is 5.92 Å². The Bertz CT molecular complexity index is 242. The van der Waals surface area contributed by atoms with E-state index in [1.54, 1.807) is 0 Å². The van der Waals surface area contributed by atoms with Crippen molar-refractivity contribution in [1.29, 1.82) is 0 Å². The highest BCUT2D eigenvalue weighted by molar-refractivity contribution is 8.00. The fourth-order valence-corrected chi connectivity index (χ4v) is 2.75. The van der Waals surface area contributed by atoms with Crippen molar-refractivity contribution in [2.45, 2.75) is 70.5 Å². The van der Waals surface area contributed by atoms with Gasteiger partial charge < -0.3 is 4.74 Å². The lowest BCUT2D eigenvalue weighted by atomic mass is 10.2. The highest BCUT2D eigenvalue weighted by Crippen LogP contribution is 2.24. The molecular weight excluding hydrogens is 270 g/mol. The van der Waals surface area contributed by atoms with Crippen LogP contribution in [0.3, 0.4) is 0 Å². The summed E-state index contributed by atoms with van der Waals surface area (Å²) in [6, 6.07) is 0. The number of hydrogen-bond acceptors (Lipinski definition) is 3. The van der Waals surface area contributed by atoms with Gasteiger partial charge in [0.1, 0.15) is 5.25 Å². The molecule has 0 bridgehead atoms. The molecule has 0 spiro atoms. The SMILES string of the molecule is CCCCOC(=O)C(CCC)SCCCC(C)(F)F. The van der Waals surface area contributed by atoms with E-state index in [1.165, 1.54) is 11.8 Å². The van der Waals surface area contributed by atoms with Crippen molar-refractivity contribution < 1.29 is 18.3 Å². The smallest absolute Gasteiger partial charge is 0.319 e. The van der Waals surface area contributed by atoms with Gasteiger partial charge in [0.2, 0.25) is 5.92 Å². The molecule has 0 saturated heterocycles. The minimum Gasteiger partial charge on any atom is -0.465 e. The van der Waals surface area contributed by atoms with E-state index in [9.17, 15) is 13.6 Å². The number of unbranched alkanes of at least 4 members (excludes halogenated alkanes) is 1. The number of thioether (sulfide) groups is 1. The van der Waals surface area contributed by atoms with Gasteiger partial charge in [0, 0.05) is 6.42 Å². The minimum absolute atomic E-state index is 0.121. The van der Waals surface area contributed by atoms with Crippen LogP contribution in [-0.2, 0) is 9.53 Å². The summed E-state index contributed by atoms with van der Waals surface area (Å²) in [5.41, 5.74) is 0. The Hall–Kier alpha value is -0.320. The molecule has 0 amide bonds. The largest absolute Gasteiger partial charge is 0.465 e. The molecule has 19 heavy (non-hydrogen) atoms. The third kappa shape index (κ3) is 11.2. The van der Waals surface area contributed by atoms with Gasteiger partial charge in [-0.1, -0.05) is 26.7 Å². The maximum absolute atomic E-state index is 12.7. The van der Waals surface area contributed by atoms with Crippen LogP contribution < -0.4 is 0 Å². The summed E-state index contributed by atoms with van der Waals surface area (Å²) in [6.45, 7) is 5.44. The topological polar surface area (TPSA) is 26.3 Å². The fourth-order valence-electron chi connectivity index (χ4n) is 1.55. The molecule has 0 heterocycles. The Morgan fingerprint density at radius 3 is 2.47 bits per heavy atom. The predicted molar refractivity (Wildman–Crippen MR) is 76.9 cm³/mol. The molecule has 0 saturated carbocycles. The van der Waals surface area contributed by atoms with Gasteiger partial charge in [0.15, 0.2) is 0 Å². The third-order valence-corrected chi connectivity index (χ3v) is 3.99. The van der Waals surface area contributed by atoms with Gasteiger partial charge in [-0.2, -0.15) is 0 Å². The van der Waals surface area contributed by atoms with Crippen molar-refractivity contribution >= 4 is 17.7 Å². The third-order valence-electron chi connectivity index (χ3n) is 2.64. The first kappa shape index (κ1) is 18.7. The molecular formula is C14H26F2O2S. The molecule has 1 unspecified atom stereocenters. The average Bonchev–Trinajstić information content (AvgIpc) is 2.32. The van der Waals surface area contributed by atoms with Crippen molar-refractivity contribution in [2.75, 3.05) is 12.4 Å². The van der Waals surface area contributed by atoms with Gasteiger partial charge >= 0.3 is 5.97 Å². The molecule has 5 heteroatoms. The zero-order valence-electron chi connectivity index (χ0n) is 12.2. The summed E-state index contributed by atoms with van der Waals surface area (Å²) in [5.74, 6) is -2.22. The standard InChI is InChI=1S/C14H26F2O2S/c1-4-6-10-18-13(17)12(8-5-2)19-11-7-9-14(3,15)16/h12H,4-11H2,1-3H3. The first-order chi connectivity index (χ1) is 8.90. The molecule has 2 nitrogen and oxygen atoms in total. The van der Waals surface area contributed by atoms with E-state index in [1.807, 2.05) is 13.8 Å². The molecule has 0 aliphatic heterocycles. The van der Waals surface area contributed by atoms with Crippen molar-refractivity contribution in [3.05, 3.63) is 0 Å². The second-order valence-electron chi connectivity index (χ2n) is 4.84. The highest BCUT2D eigenvalue weighted by atomic mass is 32.2. The van der Waals surface area contributed by atoms with E-state index in [0.29, 0.717) is 18.8 Å². The van der Waals surface area contributed by atoms with Crippen LogP contribution in [0.2, 0.25) is 0 Å². The number of rotatable bonds is 11. The highest BCUT2D eigenvalue weighted by Gasteiger charge is 2.22. The number of alkyl halides is 2. The van der Waals surface area contributed by atoms with Crippen molar-refractivity contribution in [2.24, 2.45) is 0 Å². The summed E-state index contributed by atoms with van der Waals surface area (Å²) in [6.07, 6.45) is 3.81. The Morgan fingerprint density at radius 2 is 1.95 bits per heavy atom. The molecule has 0 aliphatic carbocycles. The summed E-state index contributed by atoms with van der Waals surface area (Å²) >= 11 is 1.45. The fraction of sp³-hybridized carbons (Fsp3) is 0.929. The molecule has 0 aliphatic rings. The average molecular weight is 296 g/mol. The van der Waals surface area contributed by atoms with Gasteiger partial charge in [-0.15, -0.1) is 11.8 Å². The quantitative estimate of drug-likeness (QED) is 0.409. The van der Waals surface area contributed by atoms with E-state index >= 15 is 0 Å². The molecule has 0 fully saturated rings. The van der Waals surface area contributed by atoms with Crippen LogP contribution in [0.5, 0.6) is 0 Å². The van der Waals surface area contributed by atoms with Gasteiger partial charge in [-0.05, 0) is 31.9 Å². The lowest BCUT2D eigenvalue weighted by Crippen LogP contribution is -2.21. The van der Waals surface area contributed by atoms with E-state index in [0.717, 1.165) is 32.6 Å². The van der Waals surface area contributed by atoms with Crippen LogP contribution in [0, 0.1) is 0 Å². The molecule has 0 rings (SSSR count). The van der Waals surface area contributed by atoms with Crippen LogP contribution in [0.25, 0.3) is 0 Å².